The average molecular weight is 354 g/mol. The highest BCUT2D eigenvalue weighted by molar-refractivity contribution is 5.89. The molecule has 0 saturated heterocycles. The molecule has 0 bridgehead atoms. The predicted molar refractivity (Wildman–Crippen MR) is 96.0 cm³/mol. The number of ether oxygens (including phenoxy) is 1. The van der Waals surface area contributed by atoms with E-state index in [-0.39, 0.29) is 17.2 Å². The van der Waals surface area contributed by atoms with Crippen molar-refractivity contribution in [3.8, 4) is 0 Å². The molecular weight excluding hydrogens is 336 g/mol. The molecule has 0 aliphatic carbocycles. The molecule has 0 aliphatic rings. The number of para-hydroxylation sites is 1. The van der Waals surface area contributed by atoms with Gasteiger partial charge in [0.25, 0.3) is 11.6 Å². The highest BCUT2D eigenvalue weighted by atomic mass is 16.6. The van der Waals surface area contributed by atoms with Crippen molar-refractivity contribution in [1.29, 1.82) is 0 Å². The number of hydrogen-bond acceptors (Lipinski definition) is 5. The van der Waals surface area contributed by atoms with Crippen LogP contribution in [0.15, 0.2) is 60.7 Å². The zero-order chi connectivity index (χ0) is 18.9. The van der Waals surface area contributed by atoms with Gasteiger partial charge in [0.05, 0.1) is 10.5 Å². The number of nitrogens with zero attached hydrogens (tertiary/aromatic N) is 2. The lowest BCUT2D eigenvalue weighted by atomic mass is 10.1. The number of nitro benzene ring substituents is 1. The summed E-state index contributed by atoms with van der Waals surface area (Å²) in [6, 6.07) is 15.4. The van der Waals surface area contributed by atoms with Crippen molar-refractivity contribution in [2.24, 2.45) is 0 Å². The van der Waals surface area contributed by atoms with E-state index in [4.69, 9.17) is 4.74 Å². The number of likely N-dealkylation sites (N-methyl/N-ethyl adjacent to an activating group) is 1. The maximum absolute atomic E-state index is 12.0. The molecule has 7 heteroatoms. The Morgan fingerprint density at radius 2 is 1.77 bits per heavy atom. The van der Waals surface area contributed by atoms with Crippen molar-refractivity contribution >= 4 is 23.6 Å². The number of amides is 1. The van der Waals surface area contributed by atoms with Crippen LogP contribution in [0.5, 0.6) is 0 Å². The van der Waals surface area contributed by atoms with Crippen LogP contribution in [0, 0.1) is 10.1 Å². The van der Waals surface area contributed by atoms with E-state index in [0.717, 1.165) is 11.6 Å². The minimum atomic E-state index is -0.746. The number of benzene rings is 2. The summed E-state index contributed by atoms with van der Waals surface area (Å²) >= 11 is 0. The number of nitro groups is 1. The zero-order valence-corrected chi connectivity index (χ0v) is 14.2. The Kier molecular flexibility index (Phi) is 6.61. The van der Waals surface area contributed by atoms with Gasteiger partial charge in [0.1, 0.15) is 0 Å². The SMILES string of the molecule is CN(Cc1ccccc1)C(=O)COC(=O)/C=C/c1ccccc1[N+](=O)[O-]. The van der Waals surface area contributed by atoms with E-state index in [0.29, 0.717) is 6.54 Å². The van der Waals surface area contributed by atoms with Crippen molar-refractivity contribution in [3.63, 3.8) is 0 Å². The topological polar surface area (TPSA) is 89.8 Å². The quantitative estimate of drug-likeness (QED) is 0.330. The van der Waals surface area contributed by atoms with Crippen LogP contribution in [0.3, 0.4) is 0 Å². The molecule has 0 saturated carbocycles. The first-order valence-electron chi connectivity index (χ1n) is 7.83. The zero-order valence-electron chi connectivity index (χ0n) is 14.2. The van der Waals surface area contributed by atoms with Crippen LogP contribution < -0.4 is 0 Å². The summed E-state index contributed by atoms with van der Waals surface area (Å²) in [5.41, 5.74) is 1.13. The lowest BCUT2D eigenvalue weighted by Gasteiger charge is -2.16. The van der Waals surface area contributed by atoms with E-state index < -0.39 is 17.5 Å². The molecular formula is C19H18N2O5. The van der Waals surface area contributed by atoms with Crippen LogP contribution in [0.25, 0.3) is 6.08 Å². The van der Waals surface area contributed by atoms with E-state index >= 15 is 0 Å². The van der Waals surface area contributed by atoms with Crippen LogP contribution in [0.4, 0.5) is 5.69 Å². The van der Waals surface area contributed by atoms with Gasteiger partial charge in [-0.3, -0.25) is 14.9 Å². The summed E-state index contributed by atoms with van der Waals surface area (Å²) in [7, 11) is 1.62. The molecule has 26 heavy (non-hydrogen) atoms. The maximum atomic E-state index is 12.0. The minimum absolute atomic E-state index is 0.116. The fourth-order valence-corrected chi connectivity index (χ4v) is 2.19. The summed E-state index contributed by atoms with van der Waals surface area (Å²) in [6.07, 6.45) is 2.35. The monoisotopic (exact) mass is 354 g/mol. The fourth-order valence-electron chi connectivity index (χ4n) is 2.19. The van der Waals surface area contributed by atoms with Gasteiger partial charge in [0.15, 0.2) is 6.61 Å². The van der Waals surface area contributed by atoms with Gasteiger partial charge < -0.3 is 9.64 Å². The Bertz CT molecular complexity index is 818. The Labute approximate surface area is 150 Å². The Balaban J connectivity index is 1.86. The largest absolute Gasteiger partial charge is 0.452 e. The highest BCUT2D eigenvalue weighted by Gasteiger charge is 2.12. The number of esters is 1. The normalized spacial score (nSPS) is 10.5. The van der Waals surface area contributed by atoms with Gasteiger partial charge in [0.2, 0.25) is 0 Å². The summed E-state index contributed by atoms with van der Waals surface area (Å²) in [4.78, 5) is 35.6. The lowest BCUT2D eigenvalue weighted by Crippen LogP contribution is -2.30. The Morgan fingerprint density at radius 1 is 1.12 bits per heavy atom. The van der Waals surface area contributed by atoms with Crippen LogP contribution in [0.1, 0.15) is 11.1 Å². The second kappa shape index (κ2) is 9.12. The highest BCUT2D eigenvalue weighted by Crippen LogP contribution is 2.18. The van der Waals surface area contributed by atoms with E-state index in [9.17, 15) is 19.7 Å². The molecule has 2 aromatic rings. The summed E-state index contributed by atoms with van der Waals surface area (Å²) in [5, 5.41) is 10.9. The first-order chi connectivity index (χ1) is 12.5. The van der Waals surface area contributed by atoms with E-state index in [1.807, 2.05) is 30.3 Å². The lowest BCUT2D eigenvalue weighted by molar-refractivity contribution is -0.385. The van der Waals surface area contributed by atoms with Crippen molar-refractivity contribution in [1.82, 2.24) is 4.90 Å². The second-order valence-electron chi connectivity index (χ2n) is 5.49. The van der Waals surface area contributed by atoms with E-state index in [1.54, 1.807) is 13.1 Å². The van der Waals surface area contributed by atoms with Gasteiger partial charge in [-0.25, -0.2) is 4.79 Å². The van der Waals surface area contributed by atoms with Crippen LogP contribution in [-0.4, -0.2) is 35.4 Å². The van der Waals surface area contributed by atoms with Crippen LogP contribution in [0.2, 0.25) is 0 Å². The smallest absolute Gasteiger partial charge is 0.331 e. The third-order valence-corrected chi connectivity index (χ3v) is 3.56. The summed E-state index contributed by atoms with van der Waals surface area (Å²) in [6.45, 7) is 0.00661. The molecule has 1 amide bonds. The van der Waals surface area contributed by atoms with Crippen LogP contribution in [-0.2, 0) is 20.9 Å². The molecule has 0 heterocycles. The molecule has 0 spiro atoms. The van der Waals surface area contributed by atoms with Gasteiger partial charge in [-0.2, -0.15) is 0 Å². The molecule has 0 N–H and O–H groups in total. The number of hydrogen-bond donors (Lipinski definition) is 0. The summed E-state index contributed by atoms with van der Waals surface area (Å²) in [5.74, 6) is -1.09. The second-order valence-corrected chi connectivity index (χ2v) is 5.49. The molecule has 0 atom stereocenters. The molecule has 134 valence electrons. The van der Waals surface area contributed by atoms with Gasteiger partial charge in [-0.05, 0) is 17.7 Å². The molecule has 2 rings (SSSR count). The minimum Gasteiger partial charge on any atom is -0.452 e. The van der Waals surface area contributed by atoms with E-state index in [1.165, 1.54) is 29.2 Å². The van der Waals surface area contributed by atoms with Crippen molar-refractivity contribution in [2.75, 3.05) is 13.7 Å². The van der Waals surface area contributed by atoms with Crippen molar-refractivity contribution in [3.05, 3.63) is 81.9 Å². The fraction of sp³-hybridized carbons (Fsp3) is 0.158. The Hall–Kier alpha value is -3.48. The molecule has 0 radical (unpaired) electrons. The number of rotatable bonds is 7. The maximum Gasteiger partial charge on any atom is 0.331 e. The molecule has 0 unspecified atom stereocenters. The van der Waals surface area contributed by atoms with E-state index in [2.05, 4.69) is 0 Å². The average Bonchev–Trinajstić information content (AvgIpc) is 2.65. The van der Waals surface area contributed by atoms with Gasteiger partial charge in [0, 0.05) is 25.7 Å². The van der Waals surface area contributed by atoms with Crippen molar-refractivity contribution in [2.45, 2.75) is 6.54 Å². The molecule has 2 aromatic carbocycles. The van der Waals surface area contributed by atoms with Gasteiger partial charge >= 0.3 is 5.97 Å². The molecule has 0 fully saturated rings. The third-order valence-electron chi connectivity index (χ3n) is 3.56. The first kappa shape index (κ1) is 18.9. The molecule has 0 aliphatic heterocycles. The van der Waals surface area contributed by atoms with Gasteiger partial charge in [-0.1, -0.05) is 42.5 Å². The van der Waals surface area contributed by atoms with Crippen molar-refractivity contribution < 1.29 is 19.2 Å². The first-order valence-corrected chi connectivity index (χ1v) is 7.83. The number of carbonyl (C=O) groups is 2. The number of carbonyl (C=O) groups excluding carboxylic acids is 2. The predicted octanol–water partition coefficient (Wildman–Crippen LogP) is 2.81. The summed E-state index contributed by atoms with van der Waals surface area (Å²) < 4.78 is 4.90. The third kappa shape index (κ3) is 5.55. The standard InChI is InChI=1S/C19H18N2O5/c1-20(13-15-7-3-2-4-8-15)18(22)14-26-19(23)12-11-16-9-5-6-10-17(16)21(24)25/h2-12H,13-14H2,1H3/b12-11+. The van der Waals surface area contributed by atoms with Crippen LogP contribution >= 0.6 is 0 Å². The molecule has 7 nitrogen and oxygen atoms in total. The molecule has 0 aromatic heterocycles. The van der Waals surface area contributed by atoms with Gasteiger partial charge in [-0.15, -0.1) is 0 Å². The Morgan fingerprint density at radius 3 is 2.46 bits per heavy atom.